The first kappa shape index (κ1) is 19.6. The Balaban J connectivity index is 1.84. The molecule has 1 heterocycles. The molecular weight excluding hydrogens is 335 g/mol. The van der Waals surface area contributed by atoms with Crippen LogP contribution in [-0.4, -0.2) is 29.5 Å². The average molecular weight is 358 g/mol. The molecule has 0 saturated heterocycles. The third-order valence-electron chi connectivity index (χ3n) is 3.92. The molecule has 138 valence electrons. The second-order valence-electron chi connectivity index (χ2n) is 6.33. The van der Waals surface area contributed by atoms with Crippen molar-refractivity contribution in [1.29, 1.82) is 0 Å². The highest BCUT2D eigenvalue weighted by Gasteiger charge is 2.26. The topological polar surface area (TPSA) is 68.3 Å². The molecule has 2 aromatic rings. The van der Waals surface area contributed by atoms with Crippen molar-refractivity contribution in [3.05, 3.63) is 65.7 Å². The number of aromatic nitrogens is 1. The van der Waals surface area contributed by atoms with Crippen molar-refractivity contribution in [2.75, 3.05) is 6.61 Å². The maximum atomic E-state index is 13.0. The van der Waals surface area contributed by atoms with Crippen molar-refractivity contribution in [2.45, 2.75) is 32.7 Å². The Morgan fingerprint density at radius 3 is 2.38 bits per heavy atom. The zero-order valence-corrected chi connectivity index (χ0v) is 14.9. The second-order valence-corrected chi connectivity index (χ2v) is 6.33. The second kappa shape index (κ2) is 9.65. The number of pyridine rings is 1. The van der Waals surface area contributed by atoms with Crippen LogP contribution in [0.15, 0.2) is 48.8 Å². The molecule has 1 aromatic heterocycles. The van der Waals surface area contributed by atoms with Crippen LogP contribution in [0.2, 0.25) is 0 Å². The van der Waals surface area contributed by atoms with Gasteiger partial charge in [0.2, 0.25) is 0 Å². The molecule has 1 aromatic carbocycles. The van der Waals surface area contributed by atoms with Crippen LogP contribution in [0, 0.1) is 11.7 Å². The van der Waals surface area contributed by atoms with Crippen LogP contribution in [0.1, 0.15) is 36.2 Å². The summed E-state index contributed by atoms with van der Waals surface area (Å²) in [5.41, 5.74) is 1.42. The smallest absolute Gasteiger partial charge is 0.328 e. The fourth-order valence-electron chi connectivity index (χ4n) is 2.41. The number of halogens is 1. The first-order valence-corrected chi connectivity index (χ1v) is 8.59. The molecule has 5 nitrogen and oxygen atoms in total. The van der Waals surface area contributed by atoms with E-state index in [-0.39, 0.29) is 12.5 Å². The lowest BCUT2D eigenvalue weighted by molar-refractivity contribution is -0.147. The molecule has 0 bridgehead atoms. The highest BCUT2D eigenvalue weighted by molar-refractivity contribution is 5.96. The number of nitrogens with zero attached hydrogens (tertiary/aromatic N) is 1. The molecule has 0 aliphatic rings. The van der Waals surface area contributed by atoms with E-state index in [4.69, 9.17) is 4.74 Å². The fraction of sp³-hybridized carbons (Fsp3) is 0.350. The number of amides is 1. The number of carbonyl (C=O) groups excluding carboxylic acids is 2. The number of nitrogens with one attached hydrogen (secondary N) is 1. The SMILES string of the molecule is CC(C)C(NC(=O)c1ccc(F)cc1)C(=O)OCCCc1ccncc1. The van der Waals surface area contributed by atoms with E-state index in [1.54, 1.807) is 12.4 Å². The molecule has 1 atom stereocenters. The minimum atomic E-state index is -0.756. The molecule has 1 amide bonds. The molecular formula is C20H23FN2O3. The zero-order chi connectivity index (χ0) is 18.9. The minimum absolute atomic E-state index is 0.132. The van der Waals surface area contributed by atoms with Crippen LogP contribution < -0.4 is 5.32 Å². The Hall–Kier alpha value is -2.76. The summed E-state index contributed by atoms with van der Waals surface area (Å²) in [6.07, 6.45) is 4.92. The molecule has 6 heteroatoms. The highest BCUT2D eigenvalue weighted by atomic mass is 19.1. The van der Waals surface area contributed by atoms with E-state index < -0.39 is 23.7 Å². The Morgan fingerprint density at radius 2 is 1.77 bits per heavy atom. The summed E-state index contributed by atoms with van der Waals surface area (Å²) in [5, 5.41) is 2.67. The van der Waals surface area contributed by atoms with E-state index in [1.807, 2.05) is 26.0 Å². The maximum absolute atomic E-state index is 13.0. The summed E-state index contributed by atoms with van der Waals surface area (Å²) in [6.45, 7) is 3.93. The molecule has 0 spiro atoms. The molecule has 1 unspecified atom stereocenters. The lowest BCUT2D eigenvalue weighted by atomic mass is 10.0. The van der Waals surface area contributed by atoms with Gasteiger partial charge in [0, 0.05) is 18.0 Å². The van der Waals surface area contributed by atoms with Gasteiger partial charge in [0.05, 0.1) is 6.61 Å². The standard InChI is InChI=1S/C20H23FN2O3/c1-14(2)18(23-19(24)16-5-7-17(21)8-6-16)20(25)26-13-3-4-15-9-11-22-12-10-15/h5-12,14,18H,3-4,13H2,1-2H3,(H,23,24). The first-order chi connectivity index (χ1) is 12.5. The lowest BCUT2D eigenvalue weighted by Crippen LogP contribution is -2.45. The number of carbonyl (C=O) groups is 2. The maximum Gasteiger partial charge on any atom is 0.328 e. The number of esters is 1. The van der Waals surface area contributed by atoms with Crippen molar-refractivity contribution in [3.63, 3.8) is 0 Å². The van der Waals surface area contributed by atoms with Crippen molar-refractivity contribution in [2.24, 2.45) is 5.92 Å². The van der Waals surface area contributed by atoms with Gasteiger partial charge >= 0.3 is 5.97 Å². The number of hydrogen-bond donors (Lipinski definition) is 1. The largest absolute Gasteiger partial charge is 0.464 e. The Kier molecular flexibility index (Phi) is 7.26. The number of aryl methyl sites for hydroxylation is 1. The van der Waals surface area contributed by atoms with Gasteiger partial charge in [-0.3, -0.25) is 9.78 Å². The summed E-state index contributed by atoms with van der Waals surface area (Å²) >= 11 is 0. The highest BCUT2D eigenvalue weighted by Crippen LogP contribution is 2.09. The van der Waals surface area contributed by atoms with Crippen LogP contribution in [0.25, 0.3) is 0 Å². The van der Waals surface area contributed by atoms with E-state index in [0.717, 1.165) is 12.0 Å². The normalized spacial score (nSPS) is 11.8. The van der Waals surface area contributed by atoms with Crippen LogP contribution >= 0.6 is 0 Å². The third-order valence-corrected chi connectivity index (χ3v) is 3.92. The van der Waals surface area contributed by atoms with Crippen molar-refractivity contribution >= 4 is 11.9 Å². The molecule has 0 aliphatic heterocycles. The summed E-state index contributed by atoms with van der Waals surface area (Å²) in [6, 6.07) is 8.24. The van der Waals surface area contributed by atoms with Gasteiger partial charge in [0.25, 0.3) is 5.91 Å². The van der Waals surface area contributed by atoms with Gasteiger partial charge in [-0.1, -0.05) is 13.8 Å². The molecule has 0 radical (unpaired) electrons. The molecule has 26 heavy (non-hydrogen) atoms. The van der Waals surface area contributed by atoms with E-state index in [9.17, 15) is 14.0 Å². The van der Waals surface area contributed by atoms with E-state index in [0.29, 0.717) is 12.0 Å². The summed E-state index contributed by atoms with van der Waals surface area (Å²) < 4.78 is 18.3. The quantitative estimate of drug-likeness (QED) is 0.581. The summed E-state index contributed by atoms with van der Waals surface area (Å²) in [5.74, 6) is -1.45. The van der Waals surface area contributed by atoms with Crippen LogP contribution in [0.5, 0.6) is 0 Å². The average Bonchev–Trinajstić information content (AvgIpc) is 2.64. The van der Waals surface area contributed by atoms with Gasteiger partial charge in [-0.15, -0.1) is 0 Å². The van der Waals surface area contributed by atoms with Crippen molar-refractivity contribution in [1.82, 2.24) is 10.3 Å². The monoisotopic (exact) mass is 358 g/mol. The predicted octanol–water partition coefficient (Wildman–Crippen LogP) is 3.15. The Bertz CT molecular complexity index is 718. The van der Waals surface area contributed by atoms with Crippen molar-refractivity contribution in [3.8, 4) is 0 Å². The molecule has 0 saturated carbocycles. The molecule has 0 fully saturated rings. The van der Waals surface area contributed by atoms with E-state index in [2.05, 4.69) is 10.3 Å². The number of hydrogen-bond acceptors (Lipinski definition) is 4. The summed E-state index contributed by atoms with van der Waals surface area (Å²) in [4.78, 5) is 28.5. The summed E-state index contributed by atoms with van der Waals surface area (Å²) in [7, 11) is 0. The minimum Gasteiger partial charge on any atom is -0.464 e. The van der Waals surface area contributed by atoms with Gasteiger partial charge in [-0.25, -0.2) is 9.18 Å². The fourth-order valence-corrected chi connectivity index (χ4v) is 2.41. The number of ether oxygens (including phenoxy) is 1. The first-order valence-electron chi connectivity index (χ1n) is 8.59. The molecule has 1 N–H and O–H groups in total. The van der Waals surface area contributed by atoms with Crippen molar-refractivity contribution < 1.29 is 18.7 Å². The van der Waals surface area contributed by atoms with Crippen LogP contribution in [-0.2, 0) is 16.0 Å². The van der Waals surface area contributed by atoms with Gasteiger partial charge in [0.1, 0.15) is 11.9 Å². The lowest BCUT2D eigenvalue weighted by Gasteiger charge is -2.21. The van der Waals surface area contributed by atoms with E-state index >= 15 is 0 Å². The van der Waals surface area contributed by atoms with Gasteiger partial charge in [-0.05, 0) is 60.7 Å². The number of rotatable bonds is 8. The van der Waals surface area contributed by atoms with E-state index in [1.165, 1.54) is 24.3 Å². The predicted molar refractivity (Wildman–Crippen MR) is 96.0 cm³/mol. The third kappa shape index (κ3) is 5.95. The van der Waals surface area contributed by atoms with Gasteiger partial charge < -0.3 is 10.1 Å². The Labute approximate surface area is 152 Å². The van der Waals surface area contributed by atoms with Gasteiger partial charge in [-0.2, -0.15) is 0 Å². The zero-order valence-electron chi connectivity index (χ0n) is 14.9. The van der Waals surface area contributed by atoms with Gasteiger partial charge in [0.15, 0.2) is 0 Å². The van der Waals surface area contributed by atoms with Crippen LogP contribution in [0.4, 0.5) is 4.39 Å². The van der Waals surface area contributed by atoms with Crippen LogP contribution in [0.3, 0.4) is 0 Å². The number of benzene rings is 1. The molecule has 0 aliphatic carbocycles. The Morgan fingerprint density at radius 1 is 1.12 bits per heavy atom. The molecule has 2 rings (SSSR count).